The molecule has 0 saturated carbocycles. The molecule has 6 heteroatoms. The lowest BCUT2D eigenvalue weighted by Crippen LogP contribution is -2.32. The Hall–Kier alpha value is -2.21. The molecule has 0 aliphatic heterocycles. The number of fused-ring (bicyclic) bond motifs is 1. The zero-order valence-electron chi connectivity index (χ0n) is 14.8. The highest BCUT2D eigenvalue weighted by Gasteiger charge is 2.20. The molecule has 3 aromatic rings. The molecule has 0 N–H and O–H groups in total. The monoisotopic (exact) mass is 356 g/mol. The highest BCUT2D eigenvalue weighted by molar-refractivity contribution is 7.08. The van der Waals surface area contributed by atoms with Gasteiger partial charge in [-0.15, -0.1) is 0 Å². The first-order valence-electron chi connectivity index (χ1n) is 8.86. The van der Waals surface area contributed by atoms with Gasteiger partial charge in [0.15, 0.2) is 5.65 Å². The van der Waals surface area contributed by atoms with Crippen LogP contribution in [0.15, 0.2) is 35.2 Å². The van der Waals surface area contributed by atoms with Gasteiger partial charge < -0.3 is 9.47 Å². The lowest BCUT2D eigenvalue weighted by Gasteiger charge is -2.22. The van der Waals surface area contributed by atoms with Crippen LogP contribution in [-0.4, -0.2) is 31.9 Å². The van der Waals surface area contributed by atoms with Crippen LogP contribution >= 0.6 is 11.3 Å². The number of thiophene rings is 1. The Kier molecular flexibility index (Phi) is 5.81. The molecule has 0 radical (unpaired) electrons. The lowest BCUT2D eigenvalue weighted by molar-refractivity contribution is 0.0735. The van der Waals surface area contributed by atoms with Gasteiger partial charge in [0.1, 0.15) is 11.3 Å². The van der Waals surface area contributed by atoms with Crippen LogP contribution in [0.4, 0.5) is 0 Å². The van der Waals surface area contributed by atoms with E-state index in [0.717, 1.165) is 54.9 Å². The molecule has 0 spiro atoms. The summed E-state index contributed by atoms with van der Waals surface area (Å²) in [5.41, 5.74) is 2.56. The molecule has 0 aliphatic carbocycles. The Balaban J connectivity index is 1.92. The number of unbranched alkanes of at least 4 members (excludes halogenated alkanes) is 1. The quantitative estimate of drug-likeness (QED) is 0.603. The highest BCUT2D eigenvalue weighted by atomic mass is 32.1. The van der Waals surface area contributed by atoms with Crippen LogP contribution in [0.1, 0.15) is 49.3 Å². The van der Waals surface area contributed by atoms with E-state index in [0.29, 0.717) is 6.54 Å². The first-order chi connectivity index (χ1) is 12.2. The topological polar surface area (TPSA) is 51.0 Å². The summed E-state index contributed by atoms with van der Waals surface area (Å²) in [6, 6.07) is 5.78. The van der Waals surface area contributed by atoms with E-state index >= 15 is 0 Å². The second-order valence-corrected chi connectivity index (χ2v) is 6.90. The zero-order chi connectivity index (χ0) is 17.6. The zero-order valence-corrected chi connectivity index (χ0v) is 15.6. The van der Waals surface area contributed by atoms with E-state index in [4.69, 9.17) is 4.98 Å². The summed E-state index contributed by atoms with van der Waals surface area (Å²) >= 11 is 1.55. The van der Waals surface area contributed by atoms with Gasteiger partial charge in [-0.1, -0.05) is 20.3 Å². The van der Waals surface area contributed by atoms with Crippen molar-refractivity contribution < 1.29 is 4.79 Å². The minimum Gasteiger partial charge on any atom is -0.331 e. The van der Waals surface area contributed by atoms with Gasteiger partial charge in [0.2, 0.25) is 0 Å². The number of rotatable bonds is 8. The fourth-order valence-corrected chi connectivity index (χ4v) is 3.56. The number of imidazole rings is 1. The van der Waals surface area contributed by atoms with Crippen molar-refractivity contribution in [3.8, 4) is 0 Å². The van der Waals surface area contributed by atoms with Crippen LogP contribution < -0.4 is 0 Å². The SMILES string of the molecule is CCCCN(Cc1nc2cccnc2n1CCC)C(=O)c1ccsc1. The molecule has 3 aromatic heterocycles. The van der Waals surface area contributed by atoms with E-state index in [1.54, 1.807) is 17.5 Å². The fourth-order valence-electron chi connectivity index (χ4n) is 2.93. The van der Waals surface area contributed by atoms with Gasteiger partial charge in [-0.2, -0.15) is 11.3 Å². The average molecular weight is 356 g/mol. The largest absolute Gasteiger partial charge is 0.331 e. The van der Waals surface area contributed by atoms with Gasteiger partial charge in [-0.05, 0) is 36.4 Å². The third-order valence-corrected chi connectivity index (χ3v) is 4.88. The number of carbonyl (C=O) groups excluding carboxylic acids is 1. The Morgan fingerprint density at radius 1 is 1.28 bits per heavy atom. The molecule has 0 saturated heterocycles. The number of amides is 1. The predicted molar refractivity (Wildman–Crippen MR) is 102 cm³/mol. The summed E-state index contributed by atoms with van der Waals surface area (Å²) in [6.45, 7) is 6.41. The van der Waals surface area contributed by atoms with Crippen molar-refractivity contribution in [3.63, 3.8) is 0 Å². The second-order valence-electron chi connectivity index (χ2n) is 6.12. The van der Waals surface area contributed by atoms with Crippen molar-refractivity contribution in [1.29, 1.82) is 0 Å². The number of aromatic nitrogens is 3. The van der Waals surface area contributed by atoms with Gasteiger partial charge >= 0.3 is 0 Å². The number of aryl methyl sites for hydroxylation is 1. The van der Waals surface area contributed by atoms with E-state index in [2.05, 4.69) is 23.4 Å². The summed E-state index contributed by atoms with van der Waals surface area (Å²) in [5.74, 6) is 0.994. The number of pyridine rings is 1. The first kappa shape index (κ1) is 17.6. The first-order valence-corrected chi connectivity index (χ1v) is 9.80. The van der Waals surface area contributed by atoms with E-state index in [9.17, 15) is 4.79 Å². The molecule has 3 rings (SSSR count). The van der Waals surface area contributed by atoms with Crippen LogP contribution in [-0.2, 0) is 13.1 Å². The van der Waals surface area contributed by atoms with E-state index in [1.807, 2.05) is 33.9 Å². The summed E-state index contributed by atoms with van der Waals surface area (Å²) in [5, 5.41) is 3.86. The molecule has 25 heavy (non-hydrogen) atoms. The van der Waals surface area contributed by atoms with Crippen LogP contribution in [0.25, 0.3) is 11.2 Å². The van der Waals surface area contributed by atoms with Crippen molar-refractivity contribution >= 4 is 28.4 Å². The van der Waals surface area contributed by atoms with Crippen LogP contribution in [0.3, 0.4) is 0 Å². The summed E-state index contributed by atoms with van der Waals surface area (Å²) in [4.78, 5) is 24.0. The lowest BCUT2D eigenvalue weighted by atomic mass is 10.2. The maximum Gasteiger partial charge on any atom is 0.255 e. The van der Waals surface area contributed by atoms with Gasteiger partial charge in [0.25, 0.3) is 5.91 Å². The molecule has 0 bridgehead atoms. The van der Waals surface area contributed by atoms with Crippen LogP contribution in [0.2, 0.25) is 0 Å². The van der Waals surface area contributed by atoms with Gasteiger partial charge in [0.05, 0.1) is 12.1 Å². The van der Waals surface area contributed by atoms with Crippen LogP contribution in [0.5, 0.6) is 0 Å². The van der Waals surface area contributed by atoms with Gasteiger partial charge in [-0.3, -0.25) is 4.79 Å². The third-order valence-electron chi connectivity index (χ3n) is 4.20. The number of nitrogens with zero attached hydrogens (tertiary/aromatic N) is 4. The normalized spacial score (nSPS) is 11.1. The molecular formula is C19H24N4OS. The standard InChI is InChI=1S/C19H24N4OS/c1-3-5-11-22(19(24)15-8-12-25-14-15)13-17-21-16-7-6-9-20-18(16)23(17)10-4-2/h6-9,12,14H,3-5,10-11,13H2,1-2H3. The molecule has 0 fully saturated rings. The molecule has 0 atom stereocenters. The summed E-state index contributed by atoms with van der Waals surface area (Å²) in [7, 11) is 0. The number of hydrogen-bond acceptors (Lipinski definition) is 4. The molecular weight excluding hydrogens is 332 g/mol. The Morgan fingerprint density at radius 3 is 2.88 bits per heavy atom. The van der Waals surface area contributed by atoms with Gasteiger partial charge in [-0.25, -0.2) is 9.97 Å². The Labute approximate surface area is 152 Å². The number of hydrogen-bond donors (Lipinski definition) is 0. The van der Waals surface area contributed by atoms with Crippen molar-refractivity contribution in [2.75, 3.05) is 6.54 Å². The Bertz CT molecular complexity index is 825. The van der Waals surface area contributed by atoms with Gasteiger partial charge in [0, 0.05) is 24.7 Å². The summed E-state index contributed by atoms with van der Waals surface area (Å²) in [6.07, 6.45) is 4.84. The van der Waals surface area contributed by atoms with E-state index in [-0.39, 0.29) is 5.91 Å². The second kappa shape index (κ2) is 8.25. The molecule has 132 valence electrons. The molecule has 3 heterocycles. The van der Waals surface area contributed by atoms with E-state index in [1.165, 1.54) is 0 Å². The highest BCUT2D eigenvalue weighted by Crippen LogP contribution is 2.18. The number of carbonyl (C=O) groups is 1. The Morgan fingerprint density at radius 2 is 2.16 bits per heavy atom. The third kappa shape index (κ3) is 3.90. The van der Waals surface area contributed by atoms with E-state index < -0.39 is 0 Å². The minimum absolute atomic E-state index is 0.0813. The van der Waals surface area contributed by atoms with Crippen molar-refractivity contribution in [2.45, 2.75) is 46.2 Å². The summed E-state index contributed by atoms with van der Waals surface area (Å²) < 4.78 is 2.15. The van der Waals surface area contributed by atoms with Crippen molar-refractivity contribution in [2.24, 2.45) is 0 Å². The van der Waals surface area contributed by atoms with Crippen LogP contribution in [0, 0.1) is 0 Å². The molecule has 1 amide bonds. The maximum absolute atomic E-state index is 12.9. The molecule has 0 aromatic carbocycles. The average Bonchev–Trinajstić information content (AvgIpc) is 3.27. The van der Waals surface area contributed by atoms with Crippen molar-refractivity contribution in [1.82, 2.24) is 19.4 Å². The molecule has 0 aliphatic rings. The smallest absolute Gasteiger partial charge is 0.255 e. The minimum atomic E-state index is 0.0813. The molecule has 0 unspecified atom stereocenters. The van der Waals surface area contributed by atoms with Crippen molar-refractivity contribution in [3.05, 3.63) is 46.5 Å². The predicted octanol–water partition coefficient (Wildman–Crippen LogP) is 4.35. The molecule has 5 nitrogen and oxygen atoms in total. The fraction of sp³-hybridized carbons (Fsp3) is 0.421. The maximum atomic E-state index is 12.9.